The maximum atomic E-state index is 14.6. The highest BCUT2D eigenvalue weighted by Gasteiger charge is 2.79. The molecule has 2 heterocycles. The third-order valence-electron chi connectivity index (χ3n) is 7.21. The second-order valence-electron chi connectivity index (χ2n) is 9.22. The molecule has 0 aromatic heterocycles. The average Bonchev–Trinajstić information content (AvgIpc) is 3.39. The van der Waals surface area contributed by atoms with Crippen molar-refractivity contribution in [3.63, 3.8) is 0 Å². The Kier molecular flexibility index (Phi) is 8.31. The van der Waals surface area contributed by atoms with Crippen LogP contribution in [0.4, 0.5) is 5.69 Å². The molecule has 0 radical (unpaired) electrons. The molecule has 2 aromatic carbocycles. The van der Waals surface area contributed by atoms with Gasteiger partial charge in [-0.05, 0) is 31.5 Å². The van der Waals surface area contributed by atoms with Gasteiger partial charge in [-0.3, -0.25) is 19.7 Å². The maximum absolute atomic E-state index is 14.6. The van der Waals surface area contributed by atoms with Crippen LogP contribution in [0.2, 0.25) is 0 Å². The van der Waals surface area contributed by atoms with Crippen LogP contribution in [-0.2, 0) is 55.0 Å². The lowest BCUT2D eigenvalue weighted by Crippen LogP contribution is -2.65. The van der Waals surface area contributed by atoms with Gasteiger partial charge < -0.3 is 23.8 Å². The number of hydrogen-bond donors (Lipinski definition) is 1. The van der Waals surface area contributed by atoms with Crippen LogP contribution in [0.3, 0.4) is 0 Å². The molecule has 1 N–H and O–H groups in total. The molecule has 2 aromatic rings. The summed E-state index contributed by atoms with van der Waals surface area (Å²) in [6.07, 6.45) is 0. The number of hydrogen-bond acceptors (Lipinski definition) is 10. The number of halogens is 1. The zero-order valence-corrected chi connectivity index (χ0v) is 24.0. The number of esters is 4. The summed E-state index contributed by atoms with van der Waals surface area (Å²) >= 11 is 3.44. The highest BCUT2D eigenvalue weighted by atomic mass is 79.9. The summed E-state index contributed by atoms with van der Waals surface area (Å²) in [6.45, 7) is 2.80. The first-order valence-corrected chi connectivity index (χ1v) is 13.4. The molecule has 3 atom stereocenters. The molecule has 4 rings (SSSR count). The van der Waals surface area contributed by atoms with Crippen molar-refractivity contribution in [3.8, 4) is 0 Å². The Morgan fingerprint density at radius 2 is 1.48 bits per heavy atom. The van der Waals surface area contributed by atoms with Crippen molar-refractivity contribution in [2.75, 3.05) is 32.3 Å². The van der Waals surface area contributed by atoms with Crippen LogP contribution < -0.4 is 10.2 Å². The van der Waals surface area contributed by atoms with Gasteiger partial charge in [-0.2, -0.15) is 0 Å². The molecule has 12 heteroatoms. The Bertz CT molecular complexity index is 1330. The third-order valence-corrected chi connectivity index (χ3v) is 7.70. The highest BCUT2D eigenvalue weighted by Crippen LogP contribution is 2.56. The van der Waals surface area contributed by atoms with Crippen molar-refractivity contribution >= 4 is 51.4 Å². The van der Waals surface area contributed by atoms with Gasteiger partial charge in [-0.1, -0.05) is 52.3 Å². The van der Waals surface area contributed by atoms with Gasteiger partial charge in [0.25, 0.3) is 5.91 Å². The lowest BCUT2D eigenvalue weighted by Gasteiger charge is -2.31. The van der Waals surface area contributed by atoms with Crippen LogP contribution in [0, 0.1) is 11.8 Å². The maximum Gasteiger partial charge on any atom is 0.339 e. The highest BCUT2D eigenvalue weighted by molar-refractivity contribution is 9.10. The van der Waals surface area contributed by atoms with Crippen LogP contribution in [0.15, 0.2) is 53.0 Å². The molecule has 1 spiro atoms. The van der Waals surface area contributed by atoms with Crippen molar-refractivity contribution in [1.82, 2.24) is 5.32 Å². The summed E-state index contributed by atoms with van der Waals surface area (Å²) < 4.78 is 21.2. The molecular formula is C28H29BrN2O9. The molecule has 11 nitrogen and oxygen atoms in total. The van der Waals surface area contributed by atoms with Crippen LogP contribution in [0.25, 0.3) is 0 Å². The minimum atomic E-state index is -2.61. The number of carbonyl (C=O) groups is 5. The van der Waals surface area contributed by atoms with Crippen molar-refractivity contribution in [1.29, 1.82) is 0 Å². The molecule has 0 bridgehead atoms. The number of ether oxygens (including phenoxy) is 4. The average molecular weight is 617 g/mol. The smallest absolute Gasteiger partial charge is 0.339 e. The molecule has 2 aliphatic rings. The minimum Gasteiger partial charge on any atom is -0.469 e. The molecular weight excluding hydrogens is 588 g/mol. The molecule has 1 fully saturated rings. The SMILES string of the molecule is CCOC(=O)C1(C(=O)OCC)N[C@@]2(C(=O)N(Cc3ccccc3)c3cc(Br)ccc32)[C@H](C(=O)OC)[C@H]1C(=O)OC. The van der Waals surface area contributed by atoms with E-state index in [0.717, 1.165) is 19.8 Å². The number of nitrogens with one attached hydrogen (secondary N) is 1. The van der Waals surface area contributed by atoms with E-state index in [9.17, 15) is 24.0 Å². The lowest BCUT2D eigenvalue weighted by molar-refractivity contribution is -0.175. The first kappa shape index (κ1) is 29.2. The van der Waals surface area contributed by atoms with E-state index in [1.165, 1.54) is 18.7 Å². The fourth-order valence-electron chi connectivity index (χ4n) is 5.62. The van der Waals surface area contributed by atoms with Gasteiger partial charge >= 0.3 is 23.9 Å². The largest absolute Gasteiger partial charge is 0.469 e. The number of fused-ring (bicyclic) bond motifs is 2. The Balaban J connectivity index is 2.05. The van der Waals surface area contributed by atoms with E-state index in [4.69, 9.17) is 18.9 Å². The third kappa shape index (κ3) is 4.35. The van der Waals surface area contributed by atoms with Gasteiger partial charge in [0, 0.05) is 10.0 Å². The molecule has 1 amide bonds. The van der Waals surface area contributed by atoms with Gasteiger partial charge in [-0.25, -0.2) is 9.59 Å². The lowest BCUT2D eigenvalue weighted by atomic mass is 9.72. The molecule has 2 aliphatic heterocycles. The summed E-state index contributed by atoms with van der Waals surface area (Å²) in [5.41, 5.74) is -3.28. The van der Waals surface area contributed by atoms with Gasteiger partial charge in [0.2, 0.25) is 5.54 Å². The van der Waals surface area contributed by atoms with E-state index < -0.39 is 52.7 Å². The van der Waals surface area contributed by atoms with Gasteiger partial charge in [0.05, 0.1) is 39.7 Å². The van der Waals surface area contributed by atoms with E-state index >= 15 is 0 Å². The summed E-state index contributed by atoms with van der Waals surface area (Å²) in [4.78, 5) is 70.4. The monoisotopic (exact) mass is 616 g/mol. The van der Waals surface area contributed by atoms with Gasteiger partial charge in [0.1, 0.15) is 17.4 Å². The number of nitrogens with zero attached hydrogens (tertiary/aromatic N) is 1. The number of anilines is 1. The van der Waals surface area contributed by atoms with E-state index in [2.05, 4.69) is 21.2 Å². The van der Waals surface area contributed by atoms with E-state index in [1.807, 2.05) is 30.3 Å². The molecule has 0 saturated carbocycles. The fourth-order valence-corrected chi connectivity index (χ4v) is 5.97. The predicted molar refractivity (Wildman–Crippen MR) is 144 cm³/mol. The molecule has 0 aliphatic carbocycles. The second kappa shape index (κ2) is 11.4. The zero-order valence-electron chi connectivity index (χ0n) is 22.4. The molecule has 1 saturated heterocycles. The zero-order chi connectivity index (χ0) is 29.2. The number of methoxy groups -OCH3 is 2. The van der Waals surface area contributed by atoms with Gasteiger partial charge in [0.15, 0.2) is 0 Å². The Labute approximate surface area is 239 Å². The summed E-state index contributed by atoms with van der Waals surface area (Å²) in [5.74, 6) is -8.77. The van der Waals surface area contributed by atoms with Crippen LogP contribution in [-0.4, -0.2) is 62.8 Å². The minimum absolute atomic E-state index is 0.0924. The van der Waals surface area contributed by atoms with Crippen molar-refractivity contribution in [2.45, 2.75) is 31.5 Å². The van der Waals surface area contributed by atoms with E-state index in [-0.39, 0.29) is 25.3 Å². The van der Waals surface area contributed by atoms with Crippen molar-refractivity contribution in [2.24, 2.45) is 11.8 Å². The van der Waals surface area contributed by atoms with Gasteiger partial charge in [-0.15, -0.1) is 0 Å². The van der Waals surface area contributed by atoms with Crippen molar-refractivity contribution < 1.29 is 42.9 Å². The molecule has 0 unspecified atom stereocenters. The molecule has 40 heavy (non-hydrogen) atoms. The summed E-state index contributed by atoms with van der Waals surface area (Å²) in [5, 5.41) is 2.86. The Morgan fingerprint density at radius 1 is 0.900 bits per heavy atom. The number of rotatable bonds is 8. The first-order valence-electron chi connectivity index (χ1n) is 12.6. The summed E-state index contributed by atoms with van der Waals surface area (Å²) in [7, 11) is 2.13. The number of carbonyl (C=O) groups excluding carboxylic acids is 5. The van der Waals surface area contributed by atoms with Crippen LogP contribution in [0.1, 0.15) is 25.0 Å². The second-order valence-corrected chi connectivity index (χ2v) is 10.1. The standard InChI is InChI=1S/C28H29BrN2O9/c1-5-39-25(35)28(26(36)40-6-2)21(23(33)38-4)20(22(32)37-3)27(30-28)18-13-12-17(29)14-19(18)31(24(27)34)15-16-10-8-7-9-11-16/h7-14,20-21,30H,5-6,15H2,1-4H3/t20-,21-,27+/m0/s1. The number of amides is 1. The van der Waals surface area contributed by atoms with E-state index in [0.29, 0.717) is 10.2 Å². The normalized spacial score (nSPS) is 22.5. The quantitative estimate of drug-likeness (QED) is 0.267. The topological polar surface area (TPSA) is 138 Å². The van der Waals surface area contributed by atoms with Crippen molar-refractivity contribution in [3.05, 3.63) is 64.1 Å². The first-order chi connectivity index (χ1) is 19.1. The Morgan fingerprint density at radius 3 is 2.02 bits per heavy atom. The fraction of sp³-hybridized carbons (Fsp3) is 0.393. The summed E-state index contributed by atoms with van der Waals surface area (Å²) in [6, 6.07) is 14.0. The predicted octanol–water partition coefficient (Wildman–Crippen LogP) is 2.24. The molecule has 212 valence electrons. The van der Waals surface area contributed by atoms with Crippen LogP contribution in [0.5, 0.6) is 0 Å². The Hall–Kier alpha value is -3.77. The van der Waals surface area contributed by atoms with Crippen LogP contribution >= 0.6 is 15.9 Å². The number of benzene rings is 2. The van der Waals surface area contributed by atoms with E-state index in [1.54, 1.807) is 18.2 Å².